The third-order valence-corrected chi connectivity index (χ3v) is 4.47. The summed E-state index contributed by atoms with van der Waals surface area (Å²) in [5.41, 5.74) is 2.09. The number of allylic oxidation sites excluding steroid dienone is 2. The van der Waals surface area contributed by atoms with Crippen LogP contribution in [0.4, 0.5) is 5.69 Å². The lowest BCUT2D eigenvalue weighted by atomic mass is 10.0. The first-order chi connectivity index (χ1) is 10.2. The van der Waals surface area contributed by atoms with Crippen molar-refractivity contribution in [1.82, 2.24) is 0 Å². The lowest BCUT2D eigenvalue weighted by Crippen LogP contribution is -2.14. The van der Waals surface area contributed by atoms with E-state index in [0.29, 0.717) is 11.1 Å². The highest BCUT2D eigenvalue weighted by Gasteiger charge is 2.16. The van der Waals surface area contributed by atoms with E-state index in [4.69, 9.17) is 10.4 Å². The van der Waals surface area contributed by atoms with Crippen LogP contribution in [-0.2, 0) is 10.0 Å². The van der Waals surface area contributed by atoms with E-state index in [9.17, 15) is 8.42 Å². The van der Waals surface area contributed by atoms with Crippen LogP contribution in [0.2, 0.25) is 0 Å². The molecule has 5 nitrogen and oxygen atoms in total. The van der Waals surface area contributed by atoms with Crippen LogP contribution in [-0.4, -0.2) is 22.5 Å². The van der Waals surface area contributed by atoms with E-state index in [-0.39, 0.29) is 0 Å². The second kappa shape index (κ2) is 5.79. The fraction of sp³-hybridized carbons (Fsp3) is 0.188. The standard InChI is InChI=1S/C16H17N3O2S/c1-11(16(10-17)22(18,20)21)12-4-5-14-9-15(19(2)3)7-6-13(14)8-12/h4-9H,1-3H3,(H2,18,20,21)/b16-11+. The fourth-order valence-electron chi connectivity index (χ4n) is 2.24. The van der Waals surface area contributed by atoms with Gasteiger partial charge < -0.3 is 4.90 Å². The summed E-state index contributed by atoms with van der Waals surface area (Å²) < 4.78 is 22.9. The number of nitriles is 1. The number of benzene rings is 2. The lowest BCUT2D eigenvalue weighted by molar-refractivity contribution is 0.605. The highest BCUT2D eigenvalue weighted by Crippen LogP contribution is 2.27. The molecule has 0 fully saturated rings. The number of fused-ring (bicyclic) bond motifs is 1. The number of rotatable bonds is 3. The van der Waals surface area contributed by atoms with Crippen LogP contribution in [0.5, 0.6) is 0 Å². The first-order valence-electron chi connectivity index (χ1n) is 6.59. The average Bonchev–Trinajstić information content (AvgIpc) is 2.45. The molecule has 0 saturated heterocycles. The van der Waals surface area contributed by atoms with Crippen molar-refractivity contribution in [1.29, 1.82) is 5.26 Å². The lowest BCUT2D eigenvalue weighted by Gasteiger charge is -2.13. The molecule has 2 aromatic rings. The van der Waals surface area contributed by atoms with Crippen molar-refractivity contribution in [3.8, 4) is 6.07 Å². The summed E-state index contributed by atoms with van der Waals surface area (Å²) in [6, 6.07) is 13.2. The van der Waals surface area contributed by atoms with E-state index in [1.54, 1.807) is 19.1 Å². The van der Waals surface area contributed by atoms with Gasteiger partial charge in [0.25, 0.3) is 0 Å². The Morgan fingerprint density at radius 2 is 1.73 bits per heavy atom. The summed E-state index contributed by atoms with van der Waals surface area (Å²) in [5, 5.41) is 16.1. The topological polar surface area (TPSA) is 87.2 Å². The van der Waals surface area contributed by atoms with E-state index >= 15 is 0 Å². The zero-order valence-electron chi connectivity index (χ0n) is 12.7. The molecule has 0 radical (unpaired) electrons. The minimum Gasteiger partial charge on any atom is -0.378 e. The van der Waals surface area contributed by atoms with Gasteiger partial charge in [0.1, 0.15) is 6.07 Å². The quantitative estimate of drug-likeness (QED) is 0.881. The van der Waals surface area contributed by atoms with Crippen molar-refractivity contribution in [2.45, 2.75) is 6.92 Å². The zero-order chi connectivity index (χ0) is 16.5. The molecule has 0 aliphatic rings. The van der Waals surface area contributed by atoms with E-state index in [1.165, 1.54) is 0 Å². The van der Waals surface area contributed by atoms with Crippen molar-refractivity contribution in [2.24, 2.45) is 5.14 Å². The number of hydrogen-bond acceptors (Lipinski definition) is 4. The molecule has 0 unspecified atom stereocenters. The van der Waals surface area contributed by atoms with E-state index in [0.717, 1.165) is 16.5 Å². The molecule has 0 aromatic heterocycles. The maximum Gasteiger partial charge on any atom is 0.248 e. The van der Waals surface area contributed by atoms with Crippen LogP contribution in [0.1, 0.15) is 12.5 Å². The van der Waals surface area contributed by atoms with Crippen LogP contribution in [0.25, 0.3) is 16.3 Å². The summed E-state index contributed by atoms with van der Waals surface area (Å²) >= 11 is 0. The van der Waals surface area contributed by atoms with Gasteiger partial charge in [0.05, 0.1) is 0 Å². The molecule has 0 bridgehead atoms. The maximum atomic E-state index is 11.5. The van der Waals surface area contributed by atoms with E-state index in [2.05, 4.69) is 0 Å². The van der Waals surface area contributed by atoms with Crippen molar-refractivity contribution < 1.29 is 8.42 Å². The van der Waals surface area contributed by atoms with E-state index < -0.39 is 14.9 Å². The highest BCUT2D eigenvalue weighted by atomic mass is 32.2. The van der Waals surface area contributed by atoms with Gasteiger partial charge in [0, 0.05) is 19.8 Å². The third-order valence-electron chi connectivity index (χ3n) is 3.50. The first kappa shape index (κ1) is 16.0. The van der Waals surface area contributed by atoms with Crippen LogP contribution in [0, 0.1) is 11.3 Å². The van der Waals surface area contributed by atoms with Crippen molar-refractivity contribution in [2.75, 3.05) is 19.0 Å². The van der Waals surface area contributed by atoms with Gasteiger partial charge in [-0.25, -0.2) is 13.6 Å². The fourth-order valence-corrected chi connectivity index (χ4v) is 2.91. The van der Waals surface area contributed by atoms with Gasteiger partial charge >= 0.3 is 0 Å². The van der Waals surface area contributed by atoms with Gasteiger partial charge in [-0.3, -0.25) is 0 Å². The monoisotopic (exact) mass is 315 g/mol. The number of nitrogens with zero attached hydrogens (tertiary/aromatic N) is 2. The molecule has 6 heteroatoms. The first-order valence-corrected chi connectivity index (χ1v) is 8.14. The van der Waals surface area contributed by atoms with Crippen molar-refractivity contribution in [3.63, 3.8) is 0 Å². The molecule has 0 heterocycles. The Balaban J connectivity index is 2.62. The Morgan fingerprint density at radius 3 is 2.27 bits per heavy atom. The van der Waals surface area contributed by atoms with Gasteiger partial charge in [0.15, 0.2) is 4.91 Å². The molecule has 22 heavy (non-hydrogen) atoms. The number of nitrogens with two attached hydrogens (primary N) is 1. The molecule has 0 amide bonds. The van der Waals surface area contributed by atoms with Gasteiger partial charge in [-0.1, -0.05) is 18.2 Å². The highest BCUT2D eigenvalue weighted by molar-refractivity contribution is 7.93. The van der Waals surface area contributed by atoms with Gasteiger partial charge in [-0.05, 0) is 47.0 Å². The molecule has 2 rings (SSSR count). The van der Waals surface area contributed by atoms with E-state index in [1.807, 2.05) is 49.3 Å². The van der Waals surface area contributed by atoms with Crippen LogP contribution < -0.4 is 10.0 Å². The number of sulfonamides is 1. The maximum absolute atomic E-state index is 11.5. The van der Waals surface area contributed by atoms with Gasteiger partial charge in [-0.2, -0.15) is 5.26 Å². The average molecular weight is 315 g/mol. The minimum absolute atomic E-state index is 0.351. The smallest absolute Gasteiger partial charge is 0.248 e. The third kappa shape index (κ3) is 3.11. The summed E-state index contributed by atoms with van der Waals surface area (Å²) in [6.07, 6.45) is 0. The molecule has 2 aromatic carbocycles. The second-order valence-electron chi connectivity index (χ2n) is 5.25. The van der Waals surface area contributed by atoms with Gasteiger partial charge in [0.2, 0.25) is 10.0 Å². The number of hydrogen-bond donors (Lipinski definition) is 1. The molecule has 0 aliphatic heterocycles. The molecule has 0 spiro atoms. The molecule has 0 atom stereocenters. The van der Waals surface area contributed by atoms with Gasteiger partial charge in [-0.15, -0.1) is 0 Å². The zero-order valence-corrected chi connectivity index (χ0v) is 13.5. The van der Waals surface area contributed by atoms with Crippen LogP contribution in [0.15, 0.2) is 41.3 Å². The molecule has 2 N–H and O–H groups in total. The summed E-state index contributed by atoms with van der Waals surface area (Å²) in [6.45, 7) is 1.58. The molecular weight excluding hydrogens is 298 g/mol. The number of primary sulfonamides is 1. The largest absolute Gasteiger partial charge is 0.378 e. The normalized spacial score (nSPS) is 12.7. The van der Waals surface area contributed by atoms with Crippen LogP contribution >= 0.6 is 0 Å². The Morgan fingerprint density at radius 1 is 1.14 bits per heavy atom. The summed E-state index contributed by atoms with van der Waals surface area (Å²) in [5.74, 6) is 0. The predicted octanol–water partition coefficient (Wildman–Crippen LogP) is 2.45. The molecule has 0 saturated carbocycles. The predicted molar refractivity (Wildman–Crippen MR) is 89.6 cm³/mol. The Bertz CT molecular complexity index is 907. The SMILES string of the molecule is C/C(=C(/C#N)S(N)(=O)=O)c1ccc2cc(N(C)C)ccc2c1. The molecular formula is C16H17N3O2S. The Hall–Kier alpha value is -2.36. The van der Waals surface area contributed by atoms with Crippen molar-refractivity contribution in [3.05, 3.63) is 46.9 Å². The summed E-state index contributed by atoms with van der Waals surface area (Å²) in [7, 11) is -0.0898. The van der Waals surface area contributed by atoms with Crippen molar-refractivity contribution >= 4 is 32.1 Å². The second-order valence-corrected chi connectivity index (χ2v) is 6.75. The number of anilines is 1. The Labute approximate surface area is 130 Å². The minimum atomic E-state index is -4.02. The summed E-state index contributed by atoms with van der Waals surface area (Å²) in [4.78, 5) is 1.60. The Kier molecular flexibility index (Phi) is 4.22. The van der Waals surface area contributed by atoms with Crippen LogP contribution in [0.3, 0.4) is 0 Å². The molecule has 0 aliphatic carbocycles. The molecule has 114 valence electrons.